The molecule has 1 amide bonds. The van der Waals surface area contributed by atoms with E-state index in [0.717, 1.165) is 40.2 Å². The zero-order valence-corrected chi connectivity index (χ0v) is 16.6. The fourth-order valence-corrected chi connectivity index (χ4v) is 3.74. The van der Waals surface area contributed by atoms with E-state index in [4.69, 9.17) is 9.47 Å². The number of carbonyl (C=O) groups excluding carboxylic acids is 1. The minimum atomic E-state index is 0.157. The van der Waals surface area contributed by atoms with E-state index in [0.29, 0.717) is 26.1 Å². The zero-order valence-electron chi connectivity index (χ0n) is 16.6. The molecule has 1 aliphatic heterocycles. The molecule has 0 saturated heterocycles. The maximum atomic E-state index is 12.8. The second kappa shape index (κ2) is 8.82. The SMILES string of the molecule is COc1ccc2c(c1OCc1ccccc1)CCN(C(=O)Cc1ccccc1)C2. The molecule has 4 rings (SSSR count). The molecule has 3 aromatic rings. The first-order valence-electron chi connectivity index (χ1n) is 9.92. The summed E-state index contributed by atoms with van der Waals surface area (Å²) in [6.45, 7) is 1.78. The van der Waals surface area contributed by atoms with Crippen molar-refractivity contribution in [2.24, 2.45) is 0 Å². The van der Waals surface area contributed by atoms with Gasteiger partial charge in [-0.05, 0) is 29.2 Å². The number of carbonyl (C=O) groups is 1. The van der Waals surface area contributed by atoms with Crippen LogP contribution in [0.3, 0.4) is 0 Å². The lowest BCUT2D eigenvalue weighted by atomic mass is 9.97. The quantitative estimate of drug-likeness (QED) is 0.629. The first-order chi connectivity index (χ1) is 14.2. The summed E-state index contributed by atoms with van der Waals surface area (Å²) >= 11 is 0. The molecule has 1 aliphatic rings. The van der Waals surface area contributed by atoms with Crippen LogP contribution in [-0.4, -0.2) is 24.5 Å². The Hall–Kier alpha value is -3.27. The van der Waals surface area contributed by atoms with Crippen molar-refractivity contribution in [3.8, 4) is 11.5 Å². The van der Waals surface area contributed by atoms with Crippen molar-refractivity contribution in [2.75, 3.05) is 13.7 Å². The van der Waals surface area contributed by atoms with Crippen LogP contribution in [0.4, 0.5) is 0 Å². The Balaban J connectivity index is 1.50. The van der Waals surface area contributed by atoms with Crippen LogP contribution in [0.5, 0.6) is 11.5 Å². The van der Waals surface area contributed by atoms with Gasteiger partial charge in [-0.3, -0.25) is 4.79 Å². The topological polar surface area (TPSA) is 38.8 Å². The molecule has 0 radical (unpaired) electrons. The third-order valence-electron chi connectivity index (χ3n) is 5.31. The molecular formula is C25H25NO3. The number of amides is 1. The Morgan fingerprint density at radius 1 is 0.931 bits per heavy atom. The Morgan fingerprint density at radius 3 is 2.31 bits per heavy atom. The Morgan fingerprint density at radius 2 is 1.62 bits per heavy atom. The Kier molecular flexibility index (Phi) is 5.80. The predicted octanol–water partition coefficient (Wildman–Crippen LogP) is 4.40. The molecule has 148 valence electrons. The van der Waals surface area contributed by atoms with Gasteiger partial charge in [0.25, 0.3) is 0 Å². The molecule has 0 aromatic heterocycles. The maximum Gasteiger partial charge on any atom is 0.227 e. The van der Waals surface area contributed by atoms with Crippen LogP contribution in [0.15, 0.2) is 72.8 Å². The number of nitrogens with zero attached hydrogens (tertiary/aromatic N) is 1. The molecule has 3 aromatic carbocycles. The third-order valence-corrected chi connectivity index (χ3v) is 5.31. The van der Waals surface area contributed by atoms with Gasteiger partial charge in [0.05, 0.1) is 13.5 Å². The fraction of sp³-hybridized carbons (Fsp3) is 0.240. The van der Waals surface area contributed by atoms with Crippen LogP contribution in [0.25, 0.3) is 0 Å². The molecule has 0 spiro atoms. The van der Waals surface area contributed by atoms with E-state index >= 15 is 0 Å². The molecule has 1 heterocycles. The van der Waals surface area contributed by atoms with Crippen LogP contribution in [0.2, 0.25) is 0 Å². The number of methoxy groups -OCH3 is 1. The van der Waals surface area contributed by atoms with Gasteiger partial charge in [0, 0.05) is 18.7 Å². The lowest BCUT2D eigenvalue weighted by molar-refractivity contribution is -0.131. The average molecular weight is 387 g/mol. The summed E-state index contributed by atoms with van der Waals surface area (Å²) in [7, 11) is 1.66. The maximum absolute atomic E-state index is 12.8. The lowest BCUT2D eigenvalue weighted by Gasteiger charge is -2.30. The average Bonchev–Trinajstić information content (AvgIpc) is 2.78. The van der Waals surface area contributed by atoms with Crippen molar-refractivity contribution >= 4 is 5.91 Å². The van der Waals surface area contributed by atoms with Gasteiger partial charge in [-0.1, -0.05) is 66.7 Å². The van der Waals surface area contributed by atoms with Crippen molar-refractivity contribution in [3.63, 3.8) is 0 Å². The van der Waals surface area contributed by atoms with Gasteiger partial charge in [-0.25, -0.2) is 0 Å². The minimum absolute atomic E-state index is 0.157. The molecule has 0 aliphatic carbocycles. The summed E-state index contributed by atoms with van der Waals surface area (Å²) in [6, 6.07) is 24.0. The molecule has 4 nitrogen and oxygen atoms in total. The van der Waals surface area contributed by atoms with Crippen LogP contribution in [0.1, 0.15) is 22.3 Å². The van der Waals surface area contributed by atoms with Gasteiger partial charge >= 0.3 is 0 Å². The lowest BCUT2D eigenvalue weighted by Crippen LogP contribution is -2.37. The van der Waals surface area contributed by atoms with Crippen LogP contribution >= 0.6 is 0 Å². The summed E-state index contributed by atoms with van der Waals surface area (Å²) in [5, 5.41) is 0. The third kappa shape index (κ3) is 4.43. The predicted molar refractivity (Wildman–Crippen MR) is 113 cm³/mol. The van der Waals surface area contributed by atoms with Gasteiger partial charge in [-0.15, -0.1) is 0 Å². The van der Waals surface area contributed by atoms with Crippen molar-refractivity contribution in [2.45, 2.75) is 26.0 Å². The highest BCUT2D eigenvalue weighted by molar-refractivity contribution is 5.79. The van der Waals surface area contributed by atoms with E-state index in [-0.39, 0.29) is 5.91 Å². The van der Waals surface area contributed by atoms with Crippen LogP contribution in [0, 0.1) is 0 Å². The number of ether oxygens (including phenoxy) is 2. The molecule has 0 N–H and O–H groups in total. The largest absolute Gasteiger partial charge is 0.493 e. The normalized spacial score (nSPS) is 12.9. The van der Waals surface area contributed by atoms with Crippen LogP contribution in [-0.2, 0) is 30.8 Å². The van der Waals surface area contributed by atoms with Gasteiger partial charge in [-0.2, -0.15) is 0 Å². The minimum Gasteiger partial charge on any atom is -0.493 e. The smallest absolute Gasteiger partial charge is 0.227 e. The summed E-state index contributed by atoms with van der Waals surface area (Å²) < 4.78 is 11.7. The molecule has 4 heteroatoms. The Bertz CT molecular complexity index is 970. The second-order valence-electron chi connectivity index (χ2n) is 7.24. The second-order valence-corrected chi connectivity index (χ2v) is 7.24. The van der Waals surface area contributed by atoms with Crippen molar-refractivity contribution in [3.05, 3.63) is 95.1 Å². The van der Waals surface area contributed by atoms with E-state index < -0.39 is 0 Å². The summed E-state index contributed by atoms with van der Waals surface area (Å²) in [6.07, 6.45) is 1.20. The van der Waals surface area contributed by atoms with Crippen LogP contribution < -0.4 is 9.47 Å². The molecule has 0 bridgehead atoms. The van der Waals surface area contributed by atoms with E-state index in [9.17, 15) is 4.79 Å². The van der Waals surface area contributed by atoms with E-state index in [2.05, 4.69) is 0 Å². The molecule has 0 atom stereocenters. The standard InChI is InChI=1S/C25H25NO3/c1-28-23-13-12-21-17-26(24(27)16-19-8-4-2-5-9-19)15-14-22(21)25(23)29-18-20-10-6-3-7-11-20/h2-13H,14-18H2,1H3. The van der Waals surface area contributed by atoms with E-state index in [1.54, 1.807) is 7.11 Å². The summed E-state index contributed by atoms with van der Waals surface area (Å²) in [5.41, 5.74) is 4.43. The summed E-state index contributed by atoms with van der Waals surface area (Å²) in [5.74, 6) is 1.69. The molecule has 0 saturated carbocycles. The number of rotatable bonds is 6. The fourth-order valence-electron chi connectivity index (χ4n) is 3.74. The number of hydrogen-bond acceptors (Lipinski definition) is 3. The first-order valence-corrected chi connectivity index (χ1v) is 9.92. The monoisotopic (exact) mass is 387 g/mol. The van der Waals surface area contributed by atoms with Crippen molar-refractivity contribution in [1.29, 1.82) is 0 Å². The van der Waals surface area contributed by atoms with Gasteiger partial charge in [0.1, 0.15) is 6.61 Å². The van der Waals surface area contributed by atoms with Gasteiger partial charge < -0.3 is 14.4 Å². The van der Waals surface area contributed by atoms with E-state index in [1.807, 2.05) is 77.7 Å². The number of hydrogen-bond donors (Lipinski definition) is 0. The molecule has 0 unspecified atom stereocenters. The van der Waals surface area contributed by atoms with Gasteiger partial charge in [0.2, 0.25) is 5.91 Å². The number of benzene rings is 3. The molecule has 29 heavy (non-hydrogen) atoms. The highest BCUT2D eigenvalue weighted by atomic mass is 16.5. The van der Waals surface area contributed by atoms with E-state index in [1.165, 1.54) is 0 Å². The van der Waals surface area contributed by atoms with Gasteiger partial charge in [0.15, 0.2) is 11.5 Å². The van der Waals surface area contributed by atoms with Crippen molar-refractivity contribution in [1.82, 2.24) is 4.90 Å². The number of fused-ring (bicyclic) bond motifs is 1. The zero-order chi connectivity index (χ0) is 20.1. The highest BCUT2D eigenvalue weighted by Crippen LogP contribution is 2.37. The highest BCUT2D eigenvalue weighted by Gasteiger charge is 2.25. The molecule has 0 fully saturated rings. The van der Waals surface area contributed by atoms with Crippen molar-refractivity contribution < 1.29 is 14.3 Å². The molecular weight excluding hydrogens is 362 g/mol. The summed E-state index contributed by atoms with van der Waals surface area (Å²) in [4.78, 5) is 14.7. The first kappa shape index (κ1) is 19.1. The Labute approximate surface area is 171 Å².